The van der Waals surface area contributed by atoms with Crippen molar-refractivity contribution in [3.8, 4) is 0 Å². The molecular formula is C14H26ClNO4. The largest absolute Gasteiger partial charge is 0.448 e. The number of hydrogen-bond acceptors (Lipinski definition) is 4. The zero-order valence-corrected chi connectivity index (χ0v) is 13.6. The van der Waals surface area contributed by atoms with Crippen LogP contribution in [-0.2, 0) is 14.3 Å². The lowest BCUT2D eigenvalue weighted by Gasteiger charge is -2.22. The van der Waals surface area contributed by atoms with E-state index in [-0.39, 0.29) is 6.07 Å². The molecule has 0 saturated carbocycles. The Morgan fingerprint density at radius 3 is 2.35 bits per heavy atom. The average Bonchev–Trinajstić information content (AvgIpc) is 2.31. The molecular weight excluding hydrogens is 282 g/mol. The summed E-state index contributed by atoms with van der Waals surface area (Å²) in [5, 5.41) is 2.54. The van der Waals surface area contributed by atoms with Crippen molar-refractivity contribution >= 4 is 23.7 Å². The summed E-state index contributed by atoms with van der Waals surface area (Å²) in [5.74, 6) is -0.526. The number of esters is 1. The van der Waals surface area contributed by atoms with E-state index in [0.717, 1.165) is 25.7 Å². The predicted molar refractivity (Wildman–Crippen MR) is 78.7 cm³/mol. The van der Waals surface area contributed by atoms with Gasteiger partial charge < -0.3 is 14.8 Å². The van der Waals surface area contributed by atoms with Crippen molar-refractivity contribution in [2.24, 2.45) is 0 Å². The lowest BCUT2D eigenvalue weighted by molar-refractivity contribution is -0.144. The fraction of sp³-hybridized carbons (Fsp3) is 0.857. The molecule has 118 valence electrons. The van der Waals surface area contributed by atoms with E-state index in [4.69, 9.17) is 21.1 Å². The van der Waals surface area contributed by atoms with Crippen molar-refractivity contribution in [2.75, 3.05) is 6.07 Å². The van der Waals surface area contributed by atoms with Gasteiger partial charge in [0, 0.05) is 0 Å². The summed E-state index contributed by atoms with van der Waals surface area (Å²) in [4.78, 5) is 23.4. The zero-order chi connectivity index (χ0) is 15.6. The minimum atomic E-state index is -0.708. The second-order valence-corrected chi connectivity index (χ2v) is 5.84. The maximum atomic E-state index is 11.7. The first kappa shape index (κ1) is 19.0. The molecule has 5 nitrogen and oxygen atoms in total. The van der Waals surface area contributed by atoms with Gasteiger partial charge in [0.25, 0.3) is 0 Å². The summed E-state index contributed by atoms with van der Waals surface area (Å²) in [6, 6.07) is -0.930. The quantitative estimate of drug-likeness (QED) is 0.423. The molecule has 0 saturated heterocycles. The van der Waals surface area contributed by atoms with Gasteiger partial charge in [-0.25, -0.2) is 9.59 Å². The van der Waals surface area contributed by atoms with E-state index >= 15 is 0 Å². The van der Waals surface area contributed by atoms with E-state index in [1.807, 2.05) is 0 Å². The first-order valence-corrected chi connectivity index (χ1v) is 7.55. The molecule has 0 spiro atoms. The monoisotopic (exact) mass is 307 g/mol. The lowest BCUT2D eigenvalue weighted by Crippen LogP contribution is -2.44. The van der Waals surface area contributed by atoms with Gasteiger partial charge in [-0.3, -0.25) is 0 Å². The van der Waals surface area contributed by atoms with Crippen LogP contribution in [0.25, 0.3) is 0 Å². The van der Waals surface area contributed by atoms with Crippen LogP contribution in [0, 0.1) is 0 Å². The Balaban J connectivity index is 4.37. The Bertz CT molecular complexity index is 302. The second-order valence-electron chi connectivity index (χ2n) is 5.62. The van der Waals surface area contributed by atoms with Gasteiger partial charge in [0.15, 0.2) is 6.07 Å². The Hall–Kier alpha value is -0.970. The molecule has 1 amide bonds. The highest BCUT2D eigenvalue weighted by molar-refractivity contribution is 6.17. The highest BCUT2D eigenvalue weighted by Gasteiger charge is 2.24. The molecule has 1 unspecified atom stereocenters. The minimum absolute atomic E-state index is 0.222. The summed E-state index contributed by atoms with van der Waals surface area (Å²) in [6.45, 7) is 7.40. The van der Waals surface area contributed by atoms with E-state index in [9.17, 15) is 9.59 Å². The number of alkyl carbamates (subject to hydrolysis) is 1. The van der Waals surface area contributed by atoms with Crippen molar-refractivity contribution in [1.29, 1.82) is 0 Å². The molecule has 0 aromatic heterocycles. The normalized spacial score (nSPS) is 12.7. The number of alkyl halides is 1. The number of unbranched alkanes of at least 4 members (excludes halogenated alkanes) is 3. The molecule has 1 atom stereocenters. The van der Waals surface area contributed by atoms with Crippen molar-refractivity contribution in [2.45, 2.75) is 71.4 Å². The number of carbonyl (C=O) groups is 2. The van der Waals surface area contributed by atoms with Crippen LogP contribution < -0.4 is 5.32 Å². The summed E-state index contributed by atoms with van der Waals surface area (Å²) in [5.41, 5.74) is -0.604. The Morgan fingerprint density at radius 2 is 1.85 bits per heavy atom. The molecule has 0 aliphatic heterocycles. The summed E-state index contributed by atoms with van der Waals surface area (Å²) < 4.78 is 9.88. The summed E-state index contributed by atoms with van der Waals surface area (Å²) in [6.07, 6.45) is 3.96. The highest BCUT2D eigenvalue weighted by atomic mass is 35.5. The third-order valence-electron chi connectivity index (χ3n) is 2.52. The molecule has 0 aromatic rings. The number of amides is 1. The average molecular weight is 308 g/mol. The van der Waals surface area contributed by atoms with Crippen molar-refractivity contribution in [3.05, 3.63) is 0 Å². The molecule has 0 heterocycles. The zero-order valence-electron chi connectivity index (χ0n) is 12.8. The maximum Gasteiger partial charge on any atom is 0.408 e. The summed E-state index contributed by atoms with van der Waals surface area (Å²) >= 11 is 5.38. The molecule has 0 aliphatic carbocycles. The number of nitrogens with one attached hydrogen (secondary N) is 1. The second kappa shape index (κ2) is 9.86. The van der Waals surface area contributed by atoms with Crippen molar-refractivity contribution in [3.63, 3.8) is 0 Å². The standard InChI is InChI=1S/C14H26ClNO4/c1-5-6-7-8-9-11(12(17)19-10-15)16-13(18)20-14(2,3)4/h11H,5-10H2,1-4H3,(H,16,18). The van der Waals surface area contributed by atoms with Crippen LogP contribution in [0.2, 0.25) is 0 Å². The molecule has 20 heavy (non-hydrogen) atoms. The van der Waals surface area contributed by atoms with Crippen LogP contribution in [0.4, 0.5) is 4.79 Å². The predicted octanol–water partition coefficient (Wildman–Crippen LogP) is 3.59. The number of rotatable bonds is 8. The van der Waals surface area contributed by atoms with Crippen LogP contribution in [0.1, 0.15) is 59.8 Å². The van der Waals surface area contributed by atoms with Gasteiger partial charge in [0.05, 0.1) is 0 Å². The van der Waals surface area contributed by atoms with Crippen LogP contribution in [0.5, 0.6) is 0 Å². The van der Waals surface area contributed by atoms with Crippen molar-refractivity contribution < 1.29 is 19.1 Å². The van der Waals surface area contributed by atoms with Crippen LogP contribution >= 0.6 is 11.6 Å². The summed E-state index contributed by atoms with van der Waals surface area (Å²) in [7, 11) is 0. The molecule has 0 bridgehead atoms. The molecule has 0 aliphatic rings. The minimum Gasteiger partial charge on any atom is -0.448 e. The first-order chi connectivity index (χ1) is 9.30. The van der Waals surface area contributed by atoms with Crippen molar-refractivity contribution in [1.82, 2.24) is 5.32 Å². The molecule has 0 rings (SSSR count). The van der Waals surface area contributed by atoms with E-state index in [0.29, 0.717) is 6.42 Å². The topological polar surface area (TPSA) is 64.6 Å². The SMILES string of the molecule is CCCCCCC(NC(=O)OC(C)(C)C)C(=O)OCCl. The number of hydrogen-bond donors (Lipinski definition) is 1. The third-order valence-corrected chi connectivity index (χ3v) is 2.63. The number of ether oxygens (including phenoxy) is 2. The fourth-order valence-electron chi connectivity index (χ4n) is 1.63. The highest BCUT2D eigenvalue weighted by Crippen LogP contribution is 2.10. The van der Waals surface area contributed by atoms with Gasteiger partial charge >= 0.3 is 12.1 Å². The molecule has 0 aromatic carbocycles. The van der Waals surface area contributed by atoms with Crippen LogP contribution in [0.15, 0.2) is 0 Å². The van der Waals surface area contributed by atoms with E-state index < -0.39 is 23.7 Å². The fourth-order valence-corrected chi connectivity index (χ4v) is 1.74. The number of halogens is 1. The molecule has 0 fully saturated rings. The van der Waals surface area contributed by atoms with Gasteiger partial charge in [-0.2, -0.15) is 0 Å². The Kier molecular flexibility index (Phi) is 9.38. The van der Waals surface area contributed by atoms with Gasteiger partial charge in [-0.05, 0) is 27.2 Å². The van der Waals surface area contributed by atoms with Gasteiger partial charge in [0.2, 0.25) is 0 Å². The van der Waals surface area contributed by atoms with Gasteiger partial charge in [-0.1, -0.05) is 44.2 Å². The molecule has 6 heteroatoms. The Labute approximate surface area is 126 Å². The Morgan fingerprint density at radius 1 is 1.20 bits per heavy atom. The van der Waals surface area contributed by atoms with E-state index in [1.54, 1.807) is 20.8 Å². The maximum absolute atomic E-state index is 11.7. The molecule has 0 radical (unpaired) electrons. The number of carbonyl (C=O) groups excluding carboxylic acids is 2. The van der Waals surface area contributed by atoms with E-state index in [1.165, 1.54) is 0 Å². The van der Waals surface area contributed by atoms with Gasteiger partial charge in [-0.15, -0.1) is 0 Å². The van der Waals surface area contributed by atoms with Crippen LogP contribution in [0.3, 0.4) is 0 Å². The smallest absolute Gasteiger partial charge is 0.408 e. The third kappa shape index (κ3) is 9.89. The molecule has 1 N–H and O–H groups in total. The van der Waals surface area contributed by atoms with E-state index in [2.05, 4.69) is 12.2 Å². The van der Waals surface area contributed by atoms with Crippen LogP contribution in [-0.4, -0.2) is 29.8 Å². The van der Waals surface area contributed by atoms with Gasteiger partial charge in [0.1, 0.15) is 11.6 Å². The lowest BCUT2D eigenvalue weighted by atomic mass is 10.1. The first-order valence-electron chi connectivity index (χ1n) is 7.02.